The van der Waals surface area contributed by atoms with Crippen molar-refractivity contribution >= 4 is 44.0 Å². The van der Waals surface area contributed by atoms with Crippen LogP contribution in [0.1, 0.15) is 29.5 Å². The lowest BCUT2D eigenvalue weighted by Gasteiger charge is -2.19. The fraction of sp³-hybridized carbons (Fsp3) is 0.263. The molecular weight excluding hydrogens is 448 g/mol. The predicted molar refractivity (Wildman–Crippen MR) is 106 cm³/mol. The Hall–Kier alpha value is -1.66. The van der Waals surface area contributed by atoms with Crippen LogP contribution < -0.4 is 10.2 Å². The number of ether oxygens (including phenoxy) is 1. The molecule has 0 spiro atoms. The van der Waals surface area contributed by atoms with Gasteiger partial charge in [0.2, 0.25) is 0 Å². The Kier molecular flexibility index (Phi) is 6.26. The van der Waals surface area contributed by atoms with E-state index in [0.717, 1.165) is 27.4 Å². The molecule has 0 aliphatic heterocycles. The highest BCUT2D eigenvalue weighted by Gasteiger charge is 2.16. The second-order valence-electron chi connectivity index (χ2n) is 5.86. The van der Waals surface area contributed by atoms with Crippen molar-refractivity contribution in [3.05, 3.63) is 62.0 Å². The molecule has 6 heteroatoms. The Morgan fingerprint density at radius 2 is 1.88 bits per heavy atom. The van der Waals surface area contributed by atoms with Crippen molar-refractivity contribution in [2.45, 2.75) is 25.7 Å². The number of hydrogen-bond acceptors (Lipinski definition) is 3. The molecule has 0 fully saturated rings. The first-order valence-electron chi connectivity index (χ1n) is 8.14. The minimum atomic E-state index is -0.294. The summed E-state index contributed by atoms with van der Waals surface area (Å²) < 4.78 is 7.61. The lowest BCUT2D eigenvalue weighted by molar-refractivity contribution is -0.123. The third-order valence-corrected chi connectivity index (χ3v) is 5.46. The summed E-state index contributed by atoms with van der Waals surface area (Å²) in [6.45, 7) is -0.0743. The number of rotatable bonds is 5. The zero-order valence-electron chi connectivity index (χ0n) is 13.6. The van der Waals surface area contributed by atoms with Gasteiger partial charge in [0, 0.05) is 4.47 Å². The van der Waals surface area contributed by atoms with Crippen molar-refractivity contribution in [3.63, 3.8) is 0 Å². The lowest BCUT2D eigenvalue weighted by atomic mass is 9.92. The number of hydrogen-bond donors (Lipinski definition) is 1. The first kappa shape index (κ1) is 18.1. The molecule has 0 heterocycles. The molecule has 0 radical (unpaired) electrons. The van der Waals surface area contributed by atoms with E-state index >= 15 is 0 Å². The SMILES string of the molecule is O=C(COc1ccc2c(c1Br)CCCC2)N/N=C\c1ccc(Br)cc1. The number of aryl methyl sites for hydroxylation is 1. The Morgan fingerprint density at radius 1 is 1.12 bits per heavy atom. The molecule has 1 aliphatic rings. The molecule has 0 saturated carbocycles. The lowest BCUT2D eigenvalue weighted by Crippen LogP contribution is -2.24. The van der Waals surface area contributed by atoms with E-state index in [1.165, 1.54) is 24.0 Å². The summed E-state index contributed by atoms with van der Waals surface area (Å²) in [6.07, 6.45) is 6.19. The molecule has 1 N–H and O–H groups in total. The zero-order chi connectivity index (χ0) is 17.6. The van der Waals surface area contributed by atoms with Crippen LogP contribution in [0.15, 0.2) is 50.4 Å². The second-order valence-corrected chi connectivity index (χ2v) is 7.56. The van der Waals surface area contributed by atoms with Gasteiger partial charge in [-0.25, -0.2) is 5.43 Å². The van der Waals surface area contributed by atoms with E-state index in [4.69, 9.17) is 4.74 Å². The van der Waals surface area contributed by atoms with Gasteiger partial charge in [0.25, 0.3) is 5.91 Å². The van der Waals surface area contributed by atoms with Crippen molar-refractivity contribution in [2.24, 2.45) is 5.10 Å². The van der Waals surface area contributed by atoms with Crippen LogP contribution in [-0.2, 0) is 17.6 Å². The summed E-state index contributed by atoms with van der Waals surface area (Å²) in [7, 11) is 0. The average molecular weight is 466 g/mol. The first-order chi connectivity index (χ1) is 12.1. The van der Waals surface area contributed by atoms with Gasteiger partial charge >= 0.3 is 0 Å². The molecule has 130 valence electrons. The Balaban J connectivity index is 1.53. The summed E-state index contributed by atoms with van der Waals surface area (Å²) in [6, 6.07) is 11.7. The van der Waals surface area contributed by atoms with Crippen molar-refractivity contribution in [1.29, 1.82) is 0 Å². The highest BCUT2D eigenvalue weighted by Crippen LogP contribution is 2.35. The average Bonchev–Trinajstić information content (AvgIpc) is 2.63. The molecule has 0 bridgehead atoms. The molecule has 3 rings (SSSR count). The molecule has 0 atom stereocenters. The fourth-order valence-corrected chi connectivity index (χ4v) is 3.74. The maximum absolute atomic E-state index is 11.9. The van der Waals surface area contributed by atoms with Gasteiger partial charge in [0.05, 0.1) is 10.7 Å². The van der Waals surface area contributed by atoms with Crippen molar-refractivity contribution < 1.29 is 9.53 Å². The van der Waals surface area contributed by atoms with Crippen LogP contribution in [-0.4, -0.2) is 18.7 Å². The maximum atomic E-state index is 11.9. The van der Waals surface area contributed by atoms with Crippen LogP contribution in [0, 0.1) is 0 Å². The third-order valence-electron chi connectivity index (χ3n) is 4.06. The van der Waals surface area contributed by atoms with Crippen LogP contribution in [0.3, 0.4) is 0 Å². The van der Waals surface area contributed by atoms with Crippen molar-refractivity contribution in [2.75, 3.05) is 6.61 Å². The summed E-state index contributed by atoms with van der Waals surface area (Å²) in [4.78, 5) is 11.9. The molecule has 25 heavy (non-hydrogen) atoms. The molecule has 1 amide bonds. The number of benzene rings is 2. The van der Waals surface area contributed by atoms with Gasteiger partial charge in [-0.05, 0) is 76.5 Å². The topological polar surface area (TPSA) is 50.7 Å². The van der Waals surface area contributed by atoms with E-state index in [-0.39, 0.29) is 12.5 Å². The molecule has 0 unspecified atom stereocenters. The standard InChI is InChI=1S/C19H18Br2N2O2/c20-15-8-5-13(6-9-15)11-22-23-18(24)12-25-17-10-7-14-3-1-2-4-16(14)19(17)21/h5-11H,1-4,12H2,(H,23,24)/b22-11-. The number of fused-ring (bicyclic) bond motifs is 1. The molecule has 2 aromatic carbocycles. The Bertz CT molecular complexity index is 789. The van der Waals surface area contributed by atoms with Gasteiger partial charge in [0.1, 0.15) is 5.75 Å². The van der Waals surface area contributed by atoms with Crippen LogP contribution >= 0.6 is 31.9 Å². The third kappa shape index (κ3) is 4.92. The van der Waals surface area contributed by atoms with Gasteiger partial charge < -0.3 is 4.74 Å². The summed E-state index contributed by atoms with van der Waals surface area (Å²) in [5.41, 5.74) is 6.05. The van der Waals surface area contributed by atoms with E-state index in [0.29, 0.717) is 5.75 Å². The minimum absolute atomic E-state index is 0.0743. The van der Waals surface area contributed by atoms with E-state index < -0.39 is 0 Å². The van der Waals surface area contributed by atoms with Gasteiger partial charge in [0.15, 0.2) is 6.61 Å². The number of halogens is 2. The van der Waals surface area contributed by atoms with Crippen molar-refractivity contribution in [3.8, 4) is 5.75 Å². The number of hydrazone groups is 1. The van der Waals surface area contributed by atoms with Crippen LogP contribution in [0.4, 0.5) is 0 Å². The van der Waals surface area contributed by atoms with E-state index in [1.54, 1.807) is 6.21 Å². The number of nitrogens with zero attached hydrogens (tertiary/aromatic N) is 1. The van der Waals surface area contributed by atoms with Gasteiger partial charge in [-0.15, -0.1) is 0 Å². The minimum Gasteiger partial charge on any atom is -0.483 e. The summed E-state index contributed by atoms with van der Waals surface area (Å²) in [5, 5.41) is 3.94. The zero-order valence-corrected chi connectivity index (χ0v) is 16.8. The quantitative estimate of drug-likeness (QED) is 0.517. The van der Waals surface area contributed by atoms with Crippen molar-refractivity contribution in [1.82, 2.24) is 5.43 Å². The smallest absolute Gasteiger partial charge is 0.277 e. The summed E-state index contributed by atoms with van der Waals surface area (Å²) in [5.74, 6) is 0.408. The number of nitrogens with one attached hydrogen (secondary N) is 1. The van der Waals surface area contributed by atoms with E-state index in [9.17, 15) is 4.79 Å². The number of carbonyl (C=O) groups is 1. The van der Waals surface area contributed by atoms with E-state index in [2.05, 4.69) is 48.5 Å². The monoisotopic (exact) mass is 464 g/mol. The first-order valence-corrected chi connectivity index (χ1v) is 9.72. The van der Waals surface area contributed by atoms with Crippen LogP contribution in [0.5, 0.6) is 5.75 Å². The molecule has 1 aliphatic carbocycles. The molecule has 2 aromatic rings. The molecule has 4 nitrogen and oxygen atoms in total. The predicted octanol–water partition coefficient (Wildman–Crippen LogP) is 4.62. The largest absolute Gasteiger partial charge is 0.483 e. The fourth-order valence-electron chi connectivity index (χ4n) is 2.78. The highest BCUT2D eigenvalue weighted by molar-refractivity contribution is 9.10. The Labute approximate surface area is 163 Å². The normalized spacial score (nSPS) is 13.5. The van der Waals surface area contributed by atoms with Gasteiger partial charge in [-0.3, -0.25) is 4.79 Å². The molecular formula is C19H18Br2N2O2. The van der Waals surface area contributed by atoms with Crippen LogP contribution in [0.2, 0.25) is 0 Å². The number of amides is 1. The van der Waals surface area contributed by atoms with E-state index in [1.807, 2.05) is 30.3 Å². The van der Waals surface area contributed by atoms with Gasteiger partial charge in [-0.1, -0.05) is 34.1 Å². The Morgan fingerprint density at radius 3 is 2.68 bits per heavy atom. The molecule has 0 aromatic heterocycles. The second kappa shape index (κ2) is 8.63. The number of carbonyl (C=O) groups excluding carboxylic acids is 1. The summed E-state index contributed by atoms with van der Waals surface area (Å²) >= 11 is 6.99. The van der Waals surface area contributed by atoms with Crippen LogP contribution in [0.25, 0.3) is 0 Å². The maximum Gasteiger partial charge on any atom is 0.277 e. The highest BCUT2D eigenvalue weighted by atomic mass is 79.9. The molecule has 0 saturated heterocycles. The van der Waals surface area contributed by atoms with Gasteiger partial charge in [-0.2, -0.15) is 5.10 Å².